The van der Waals surface area contributed by atoms with Crippen molar-refractivity contribution in [3.63, 3.8) is 0 Å². The Bertz CT molecular complexity index is 862. The van der Waals surface area contributed by atoms with Crippen LogP contribution >= 0.6 is 0 Å². The van der Waals surface area contributed by atoms with E-state index in [1.807, 2.05) is 42.5 Å². The molecule has 0 N–H and O–H groups in total. The van der Waals surface area contributed by atoms with Crippen LogP contribution in [0.2, 0.25) is 0 Å². The predicted molar refractivity (Wildman–Crippen MR) is 91.9 cm³/mol. The summed E-state index contributed by atoms with van der Waals surface area (Å²) < 4.78 is 44.2. The topological polar surface area (TPSA) is 26.3 Å². The highest BCUT2D eigenvalue weighted by atomic mass is 19.3. The summed E-state index contributed by atoms with van der Waals surface area (Å²) in [4.78, 5) is 12.6. The first-order valence-corrected chi connectivity index (χ1v) is 7.97. The van der Waals surface area contributed by atoms with Gasteiger partial charge in [-0.2, -0.15) is 0 Å². The van der Waals surface area contributed by atoms with Crippen molar-refractivity contribution < 1.29 is 22.7 Å². The molecule has 0 aliphatic carbocycles. The zero-order chi connectivity index (χ0) is 18.0. The first-order valence-electron chi connectivity index (χ1n) is 7.97. The van der Waals surface area contributed by atoms with Gasteiger partial charge in [0, 0.05) is 13.3 Å². The van der Waals surface area contributed by atoms with Gasteiger partial charge in [0.05, 0.1) is 12.2 Å². The molecule has 0 bridgehead atoms. The molecule has 1 unspecified atom stereocenters. The third kappa shape index (κ3) is 3.60. The molecule has 0 heterocycles. The van der Waals surface area contributed by atoms with Gasteiger partial charge in [-0.15, -0.1) is 0 Å². The molecular formula is C20H17F3O2. The minimum Gasteiger partial charge on any atom is -0.462 e. The smallest absolute Gasteiger partial charge is 0.339 e. The molecule has 3 aromatic rings. The molecule has 5 heteroatoms. The Kier molecular flexibility index (Phi) is 4.66. The maximum Gasteiger partial charge on any atom is 0.339 e. The Morgan fingerprint density at radius 2 is 1.56 bits per heavy atom. The van der Waals surface area contributed by atoms with Crippen molar-refractivity contribution in [1.82, 2.24) is 0 Å². The Labute approximate surface area is 143 Å². The van der Waals surface area contributed by atoms with Crippen LogP contribution in [0, 0.1) is 0 Å². The molecule has 0 saturated carbocycles. The molecule has 0 aromatic heterocycles. The maximum absolute atomic E-state index is 13.3. The number of hydrogen-bond donors (Lipinski definition) is 0. The van der Waals surface area contributed by atoms with E-state index in [9.17, 15) is 18.0 Å². The number of halogens is 3. The fraction of sp³-hybridized carbons (Fsp3) is 0.250. The number of rotatable bonds is 5. The summed E-state index contributed by atoms with van der Waals surface area (Å²) in [5.41, 5.74) is 0.368. The molecule has 25 heavy (non-hydrogen) atoms. The highest BCUT2D eigenvalue weighted by Crippen LogP contribution is 2.29. The zero-order valence-electron chi connectivity index (χ0n) is 13.6. The van der Waals surface area contributed by atoms with E-state index in [1.165, 1.54) is 0 Å². The molecule has 0 amide bonds. The highest BCUT2D eigenvalue weighted by molar-refractivity contribution is 6.16. The number of carbonyl (C=O) groups is 1. The van der Waals surface area contributed by atoms with Gasteiger partial charge in [0.1, 0.15) is 0 Å². The molecule has 0 aliphatic heterocycles. The lowest BCUT2D eigenvalue weighted by Crippen LogP contribution is -2.27. The molecule has 3 rings (SSSR count). The molecule has 0 saturated heterocycles. The second-order valence-corrected chi connectivity index (χ2v) is 6.04. The molecule has 0 radical (unpaired) electrons. The van der Waals surface area contributed by atoms with E-state index in [2.05, 4.69) is 0 Å². The summed E-state index contributed by atoms with van der Waals surface area (Å²) in [5.74, 6) is -4.09. The van der Waals surface area contributed by atoms with Gasteiger partial charge in [-0.25, -0.2) is 18.0 Å². The second kappa shape index (κ2) is 6.75. The van der Waals surface area contributed by atoms with Crippen molar-refractivity contribution >= 4 is 27.5 Å². The van der Waals surface area contributed by atoms with Gasteiger partial charge in [-0.05, 0) is 27.6 Å². The van der Waals surface area contributed by atoms with Gasteiger partial charge in [-0.1, -0.05) is 48.5 Å². The molecular weight excluding hydrogens is 329 g/mol. The first kappa shape index (κ1) is 17.3. The minimum absolute atomic E-state index is 0.368. The van der Waals surface area contributed by atoms with E-state index in [0.29, 0.717) is 23.3 Å². The molecule has 0 fully saturated rings. The summed E-state index contributed by atoms with van der Waals surface area (Å²) in [5, 5.41) is 3.17. The molecule has 3 aromatic carbocycles. The number of benzene rings is 3. The standard InChI is InChI=1S/C20H17F3O2/c1-20(22,23)17(21)10-11-25-19(24)18-15-8-4-2-6-13(15)12-14-7-3-5-9-16(14)18/h2-9,12,17H,10-11H2,1H3. The monoisotopic (exact) mass is 346 g/mol. The van der Waals surface area contributed by atoms with Crippen LogP contribution in [0.25, 0.3) is 21.5 Å². The van der Waals surface area contributed by atoms with Crippen LogP contribution in [-0.4, -0.2) is 24.7 Å². The van der Waals surface area contributed by atoms with E-state index in [0.717, 1.165) is 10.8 Å². The predicted octanol–water partition coefficient (Wildman–Crippen LogP) is 5.53. The first-order chi connectivity index (χ1) is 11.9. The second-order valence-electron chi connectivity index (χ2n) is 6.04. The Balaban J connectivity index is 1.92. The van der Waals surface area contributed by atoms with Crippen LogP contribution in [-0.2, 0) is 4.74 Å². The largest absolute Gasteiger partial charge is 0.462 e. The summed E-state index contributed by atoms with van der Waals surface area (Å²) in [6, 6.07) is 16.7. The van der Waals surface area contributed by atoms with Gasteiger partial charge < -0.3 is 4.74 Å². The van der Waals surface area contributed by atoms with Crippen LogP contribution in [0.1, 0.15) is 23.7 Å². The van der Waals surface area contributed by atoms with E-state index in [-0.39, 0.29) is 0 Å². The molecule has 2 nitrogen and oxygen atoms in total. The number of alkyl halides is 3. The Morgan fingerprint density at radius 1 is 1.04 bits per heavy atom. The lowest BCUT2D eigenvalue weighted by molar-refractivity contribution is -0.0636. The van der Waals surface area contributed by atoms with Gasteiger partial charge in [0.2, 0.25) is 0 Å². The van der Waals surface area contributed by atoms with E-state index in [4.69, 9.17) is 4.74 Å². The fourth-order valence-corrected chi connectivity index (χ4v) is 2.81. The van der Waals surface area contributed by atoms with E-state index in [1.54, 1.807) is 12.1 Å². The quantitative estimate of drug-likeness (QED) is 0.448. The van der Waals surface area contributed by atoms with Crippen molar-refractivity contribution in [2.45, 2.75) is 25.4 Å². The van der Waals surface area contributed by atoms with Gasteiger partial charge >= 0.3 is 5.97 Å². The molecule has 130 valence electrons. The third-order valence-electron chi connectivity index (χ3n) is 4.13. The lowest BCUT2D eigenvalue weighted by atomic mass is 9.97. The Morgan fingerprint density at radius 3 is 2.08 bits per heavy atom. The maximum atomic E-state index is 13.3. The highest BCUT2D eigenvalue weighted by Gasteiger charge is 2.34. The molecule has 1 atom stereocenters. The number of carbonyl (C=O) groups excluding carboxylic acids is 1. The van der Waals surface area contributed by atoms with Gasteiger partial charge in [0.25, 0.3) is 5.92 Å². The zero-order valence-corrected chi connectivity index (χ0v) is 13.6. The normalized spacial score (nSPS) is 13.1. The number of esters is 1. The fourth-order valence-electron chi connectivity index (χ4n) is 2.81. The average Bonchev–Trinajstić information content (AvgIpc) is 2.58. The third-order valence-corrected chi connectivity index (χ3v) is 4.13. The van der Waals surface area contributed by atoms with Crippen molar-refractivity contribution in [3.05, 3.63) is 60.2 Å². The van der Waals surface area contributed by atoms with Crippen molar-refractivity contribution in [3.8, 4) is 0 Å². The molecule has 0 spiro atoms. The van der Waals surface area contributed by atoms with Gasteiger partial charge in [0.15, 0.2) is 6.17 Å². The summed E-state index contributed by atoms with van der Waals surface area (Å²) in [6.45, 7) is 0.110. The van der Waals surface area contributed by atoms with Crippen LogP contribution in [0.3, 0.4) is 0 Å². The van der Waals surface area contributed by atoms with Crippen LogP contribution in [0.4, 0.5) is 13.2 Å². The lowest BCUT2D eigenvalue weighted by Gasteiger charge is -2.16. The van der Waals surface area contributed by atoms with Crippen LogP contribution in [0.15, 0.2) is 54.6 Å². The average molecular weight is 346 g/mol. The summed E-state index contributed by atoms with van der Waals surface area (Å²) in [6.07, 6.45) is -2.89. The summed E-state index contributed by atoms with van der Waals surface area (Å²) >= 11 is 0. The number of fused-ring (bicyclic) bond motifs is 2. The van der Waals surface area contributed by atoms with Crippen LogP contribution in [0.5, 0.6) is 0 Å². The minimum atomic E-state index is -3.45. The summed E-state index contributed by atoms with van der Waals surface area (Å²) in [7, 11) is 0. The van der Waals surface area contributed by atoms with Gasteiger partial charge in [-0.3, -0.25) is 0 Å². The number of ether oxygens (including phenoxy) is 1. The number of hydrogen-bond acceptors (Lipinski definition) is 2. The van der Waals surface area contributed by atoms with E-state index < -0.39 is 31.1 Å². The van der Waals surface area contributed by atoms with E-state index >= 15 is 0 Å². The molecule has 0 aliphatic rings. The van der Waals surface area contributed by atoms with Crippen molar-refractivity contribution in [2.24, 2.45) is 0 Å². The SMILES string of the molecule is CC(F)(F)C(F)CCOC(=O)c1c2ccccc2cc2ccccc12. The van der Waals surface area contributed by atoms with Crippen molar-refractivity contribution in [2.75, 3.05) is 6.61 Å². The van der Waals surface area contributed by atoms with Crippen molar-refractivity contribution in [1.29, 1.82) is 0 Å². The van der Waals surface area contributed by atoms with Crippen LogP contribution < -0.4 is 0 Å². The Hall–Kier alpha value is -2.56.